The molecule has 1 aromatic heterocycles. The van der Waals surface area contributed by atoms with E-state index >= 15 is 0 Å². The smallest absolute Gasteiger partial charge is 0.338 e. The number of anilines is 2. The number of thiazole rings is 1. The molecule has 0 aliphatic rings. The third kappa shape index (κ3) is 6.36. The quantitative estimate of drug-likeness (QED) is 0.468. The van der Waals surface area contributed by atoms with Crippen molar-refractivity contribution in [1.29, 1.82) is 0 Å². The molecule has 0 spiro atoms. The van der Waals surface area contributed by atoms with Crippen LogP contribution in [-0.4, -0.2) is 29.4 Å². The van der Waals surface area contributed by atoms with E-state index in [1.54, 1.807) is 31.2 Å². The second-order valence-corrected chi connectivity index (χ2v) is 8.00. The molecule has 0 saturated carbocycles. The number of hydrogen-bond acceptors (Lipinski definition) is 6. The third-order valence-electron chi connectivity index (χ3n) is 4.47. The van der Waals surface area contributed by atoms with Gasteiger partial charge in [0.1, 0.15) is 0 Å². The van der Waals surface area contributed by atoms with Gasteiger partial charge in [-0.2, -0.15) is 0 Å². The van der Waals surface area contributed by atoms with Gasteiger partial charge in [0, 0.05) is 18.5 Å². The molecule has 2 amide bonds. The average Bonchev–Trinajstić information content (AvgIpc) is 3.14. The van der Waals surface area contributed by atoms with Crippen LogP contribution in [0.1, 0.15) is 49.0 Å². The molecule has 7 nitrogen and oxygen atoms in total. The molecule has 3 rings (SSSR count). The molecule has 2 aromatic carbocycles. The van der Waals surface area contributed by atoms with Crippen LogP contribution in [0.4, 0.5) is 10.8 Å². The number of benzene rings is 2. The molecule has 0 radical (unpaired) electrons. The van der Waals surface area contributed by atoms with Crippen LogP contribution < -0.4 is 10.6 Å². The van der Waals surface area contributed by atoms with E-state index in [0.717, 1.165) is 22.2 Å². The first-order valence-electron chi connectivity index (χ1n) is 10.2. The Morgan fingerprint density at radius 1 is 1.00 bits per heavy atom. The second kappa shape index (κ2) is 10.7. The van der Waals surface area contributed by atoms with Gasteiger partial charge in [-0.1, -0.05) is 30.4 Å². The normalized spacial score (nSPS) is 10.6. The van der Waals surface area contributed by atoms with Gasteiger partial charge in [-0.3, -0.25) is 9.59 Å². The van der Waals surface area contributed by atoms with Crippen LogP contribution in [-0.2, 0) is 20.7 Å². The second-order valence-electron chi connectivity index (χ2n) is 6.97. The highest BCUT2D eigenvalue weighted by Crippen LogP contribution is 2.27. The highest BCUT2D eigenvalue weighted by Gasteiger charge is 2.11. The Morgan fingerprint density at radius 3 is 2.58 bits per heavy atom. The maximum atomic E-state index is 12.4. The standard InChI is InChI=1S/C23H25N3O4S/c1-3-6-20(27)26-23-25-18-11-9-15(13-19(18)31-23)10-12-21(28)24-17-8-5-7-16(14-17)22(29)30-4-2/h5,7-9,11,13-14H,3-4,6,10,12H2,1-2H3,(H,24,28)(H,25,26,27). The fourth-order valence-electron chi connectivity index (χ4n) is 3.01. The average molecular weight is 440 g/mol. The zero-order valence-electron chi connectivity index (χ0n) is 17.6. The molecule has 1 heterocycles. The molecular formula is C23H25N3O4S. The largest absolute Gasteiger partial charge is 0.462 e. The first kappa shape index (κ1) is 22.4. The Kier molecular flexibility index (Phi) is 7.72. The summed E-state index contributed by atoms with van der Waals surface area (Å²) in [4.78, 5) is 40.4. The fraction of sp³-hybridized carbons (Fsp3) is 0.304. The topological polar surface area (TPSA) is 97.4 Å². The number of rotatable bonds is 9. The van der Waals surface area contributed by atoms with E-state index in [4.69, 9.17) is 4.74 Å². The van der Waals surface area contributed by atoms with E-state index in [1.165, 1.54) is 11.3 Å². The molecule has 0 bridgehead atoms. The van der Waals surface area contributed by atoms with Gasteiger partial charge in [-0.25, -0.2) is 9.78 Å². The lowest BCUT2D eigenvalue weighted by atomic mass is 10.1. The summed E-state index contributed by atoms with van der Waals surface area (Å²) in [6.07, 6.45) is 2.12. The minimum atomic E-state index is -0.415. The SMILES string of the molecule is CCCC(=O)Nc1nc2ccc(CCC(=O)Nc3cccc(C(=O)OCC)c3)cc2s1. The number of amides is 2. The van der Waals surface area contributed by atoms with Crippen molar-refractivity contribution < 1.29 is 19.1 Å². The van der Waals surface area contributed by atoms with E-state index in [0.29, 0.717) is 42.3 Å². The van der Waals surface area contributed by atoms with Crippen LogP contribution in [0.15, 0.2) is 42.5 Å². The molecule has 0 unspecified atom stereocenters. The van der Waals surface area contributed by atoms with Crippen molar-refractivity contribution in [1.82, 2.24) is 4.98 Å². The van der Waals surface area contributed by atoms with Gasteiger partial charge in [0.05, 0.1) is 22.4 Å². The van der Waals surface area contributed by atoms with Gasteiger partial charge in [-0.15, -0.1) is 0 Å². The first-order chi connectivity index (χ1) is 15.0. The Morgan fingerprint density at radius 2 is 1.81 bits per heavy atom. The number of hydrogen-bond donors (Lipinski definition) is 2. The Bertz CT molecular complexity index is 1090. The van der Waals surface area contributed by atoms with Gasteiger partial charge in [0.2, 0.25) is 11.8 Å². The number of nitrogens with zero attached hydrogens (tertiary/aromatic N) is 1. The zero-order chi connectivity index (χ0) is 22.2. The van der Waals surface area contributed by atoms with Crippen molar-refractivity contribution in [2.45, 2.75) is 39.5 Å². The van der Waals surface area contributed by atoms with E-state index < -0.39 is 5.97 Å². The summed E-state index contributed by atoms with van der Waals surface area (Å²) in [6, 6.07) is 12.5. The monoisotopic (exact) mass is 439 g/mol. The number of carbonyl (C=O) groups is 3. The predicted octanol–water partition coefficient (Wildman–Crippen LogP) is 4.78. The number of nitrogens with one attached hydrogen (secondary N) is 2. The highest BCUT2D eigenvalue weighted by molar-refractivity contribution is 7.22. The number of carbonyl (C=O) groups excluding carboxylic acids is 3. The lowest BCUT2D eigenvalue weighted by molar-refractivity contribution is -0.117. The maximum Gasteiger partial charge on any atom is 0.338 e. The van der Waals surface area contributed by atoms with Crippen molar-refractivity contribution in [3.8, 4) is 0 Å². The molecule has 31 heavy (non-hydrogen) atoms. The summed E-state index contributed by atoms with van der Waals surface area (Å²) >= 11 is 1.42. The van der Waals surface area contributed by atoms with Crippen molar-refractivity contribution in [3.63, 3.8) is 0 Å². The summed E-state index contributed by atoms with van der Waals surface area (Å²) < 4.78 is 5.95. The molecule has 0 fully saturated rings. The van der Waals surface area contributed by atoms with Crippen molar-refractivity contribution in [2.24, 2.45) is 0 Å². The van der Waals surface area contributed by atoms with Crippen molar-refractivity contribution >= 4 is 50.2 Å². The third-order valence-corrected chi connectivity index (χ3v) is 5.41. The van der Waals surface area contributed by atoms with Crippen LogP contribution in [0.5, 0.6) is 0 Å². The number of aryl methyl sites for hydroxylation is 1. The Balaban J connectivity index is 1.58. The van der Waals surface area contributed by atoms with Gasteiger partial charge in [0.15, 0.2) is 5.13 Å². The minimum absolute atomic E-state index is 0.0366. The summed E-state index contributed by atoms with van der Waals surface area (Å²) in [7, 11) is 0. The summed E-state index contributed by atoms with van der Waals surface area (Å²) in [5, 5.41) is 6.23. The summed E-state index contributed by atoms with van der Waals surface area (Å²) in [5.74, 6) is -0.592. The lowest BCUT2D eigenvalue weighted by Gasteiger charge is -2.07. The molecule has 3 aromatic rings. The Hall–Kier alpha value is -3.26. The van der Waals surface area contributed by atoms with Crippen LogP contribution in [0.2, 0.25) is 0 Å². The molecule has 0 atom stereocenters. The van der Waals surface area contributed by atoms with Gasteiger partial charge >= 0.3 is 5.97 Å². The predicted molar refractivity (Wildman–Crippen MR) is 123 cm³/mol. The molecule has 2 N–H and O–H groups in total. The molecular weight excluding hydrogens is 414 g/mol. The minimum Gasteiger partial charge on any atom is -0.462 e. The van der Waals surface area contributed by atoms with Gasteiger partial charge in [-0.05, 0) is 55.7 Å². The number of ether oxygens (including phenoxy) is 1. The molecule has 0 aliphatic heterocycles. The van der Waals surface area contributed by atoms with Gasteiger partial charge in [0.25, 0.3) is 0 Å². The van der Waals surface area contributed by atoms with Crippen LogP contribution in [0, 0.1) is 0 Å². The highest BCUT2D eigenvalue weighted by atomic mass is 32.1. The number of esters is 1. The van der Waals surface area contributed by atoms with E-state index in [-0.39, 0.29) is 11.8 Å². The van der Waals surface area contributed by atoms with Crippen LogP contribution in [0.25, 0.3) is 10.2 Å². The lowest BCUT2D eigenvalue weighted by Crippen LogP contribution is -2.13. The van der Waals surface area contributed by atoms with Gasteiger partial charge < -0.3 is 15.4 Å². The summed E-state index contributed by atoms with van der Waals surface area (Å²) in [6.45, 7) is 4.00. The number of fused-ring (bicyclic) bond motifs is 1. The molecule has 0 aliphatic carbocycles. The summed E-state index contributed by atoms with van der Waals surface area (Å²) in [5.41, 5.74) is 2.79. The molecule has 162 valence electrons. The fourth-order valence-corrected chi connectivity index (χ4v) is 3.95. The number of aromatic nitrogens is 1. The van der Waals surface area contributed by atoms with Crippen LogP contribution in [0.3, 0.4) is 0 Å². The Labute approximate surface area is 184 Å². The maximum absolute atomic E-state index is 12.4. The van der Waals surface area contributed by atoms with E-state index in [1.807, 2.05) is 25.1 Å². The molecule has 0 saturated heterocycles. The van der Waals surface area contributed by atoms with E-state index in [9.17, 15) is 14.4 Å². The zero-order valence-corrected chi connectivity index (χ0v) is 18.4. The van der Waals surface area contributed by atoms with Crippen molar-refractivity contribution in [2.75, 3.05) is 17.2 Å². The van der Waals surface area contributed by atoms with E-state index in [2.05, 4.69) is 15.6 Å². The van der Waals surface area contributed by atoms with Crippen LogP contribution >= 0.6 is 11.3 Å². The van der Waals surface area contributed by atoms with Crippen molar-refractivity contribution in [3.05, 3.63) is 53.6 Å². The molecule has 8 heteroatoms. The first-order valence-corrected chi connectivity index (χ1v) is 11.1.